The van der Waals surface area contributed by atoms with Crippen LogP contribution in [-0.4, -0.2) is 31.1 Å². The molecule has 196 valence electrons. The van der Waals surface area contributed by atoms with Gasteiger partial charge in [-0.25, -0.2) is 0 Å². The molecule has 0 aliphatic heterocycles. The van der Waals surface area contributed by atoms with Crippen LogP contribution in [0.15, 0.2) is 103 Å². The van der Waals surface area contributed by atoms with E-state index in [9.17, 15) is 4.79 Å². The number of nitrogens with zero attached hydrogens (tertiary/aromatic N) is 1. The highest BCUT2D eigenvalue weighted by atomic mass is 16.5. The first-order chi connectivity index (χ1) is 18.6. The minimum Gasteiger partial charge on any atom is -0.493 e. The standard InChI is InChI=1S/C33H36N2O3/c1-3-25-18-20-26(21-19-25)24-35(31(27-12-6-4-7-13-27)28-14-8-5-9-15-28)22-11-23-38-32-29(33(34)36)16-10-17-30(32)37-2/h4-10,12-21,31H,3,11,22-24H2,1-2H3,(H2,34,36). The fourth-order valence-corrected chi connectivity index (χ4v) is 4.76. The lowest BCUT2D eigenvalue weighted by atomic mass is 9.96. The molecule has 5 heteroatoms. The summed E-state index contributed by atoms with van der Waals surface area (Å²) in [5.74, 6) is 0.358. The lowest BCUT2D eigenvalue weighted by Gasteiger charge is -2.33. The van der Waals surface area contributed by atoms with Crippen molar-refractivity contribution in [1.82, 2.24) is 4.90 Å². The Morgan fingerprint density at radius 2 is 1.42 bits per heavy atom. The van der Waals surface area contributed by atoms with Gasteiger partial charge in [-0.2, -0.15) is 0 Å². The Kier molecular flexibility index (Phi) is 9.54. The molecular weight excluding hydrogens is 472 g/mol. The number of ether oxygens (including phenoxy) is 2. The summed E-state index contributed by atoms with van der Waals surface area (Å²) in [6, 6.07) is 35.4. The summed E-state index contributed by atoms with van der Waals surface area (Å²) in [4.78, 5) is 14.5. The zero-order valence-electron chi connectivity index (χ0n) is 22.2. The monoisotopic (exact) mass is 508 g/mol. The molecule has 1 amide bonds. The van der Waals surface area contributed by atoms with Gasteiger partial charge >= 0.3 is 0 Å². The minimum atomic E-state index is -0.538. The Hall–Kier alpha value is -4.09. The first-order valence-corrected chi connectivity index (χ1v) is 13.1. The number of carbonyl (C=O) groups is 1. The Balaban J connectivity index is 1.59. The summed E-state index contributed by atoms with van der Waals surface area (Å²) >= 11 is 0. The summed E-state index contributed by atoms with van der Waals surface area (Å²) in [7, 11) is 1.56. The lowest BCUT2D eigenvalue weighted by Crippen LogP contribution is -2.31. The summed E-state index contributed by atoms with van der Waals surface area (Å²) in [5.41, 5.74) is 11.0. The van der Waals surface area contributed by atoms with E-state index in [2.05, 4.69) is 96.8 Å². The fourth-order valence-electron chi connectivity index (χ4n) is 4.76. The number of methoxy groups -OCH3 is 1. The Bertz CT molecular complexity index is 1250. The van der Waals surface area contributed by atoms with Gasteiger partial charge in [0, 0.05) is 13.1 Å². The van der Waals surface area contributed by atoms with Crippen molar-refractivity contribution in [2.45, 2.75) is 32.4 Å². The molecule has 0 aliphatic carbocycles. The predicted molar refractivity (Wildman–Crippen MR) is 153 cm³/mol. The molecule has 2 N–H and O–H groups in total. The van der Waals surface area contributed by atoms with E-state index in [0.29, 0.717) is 23.7 Å². The van der Waals surface area contributed by atoms with E-state index < -0.39 is 5.91 Å². The van der Waals surface area contributed by atoms with Gasteiger partial charge in [0.25, 0.3) is 5.91 Å². The van der Waals surface area contributed by atoms with E-state index in [1.54, 1.807) is 25.3 Å². The van der Waals surface area contributed by atoms with Gasteiger partial charge in [0.1, 0.15) is 0 Å². The highest BCUT2D eigenvalue weighted by molar-refractivity contribution is 5.96. The third-order valence-corrected chi connectivity index (χ3v) is 6.71. The van der Waals surface area contributed by atoms with Crippen LogP contribution in [-0.2, 0) is 13.0 Å². The number of para-hydroxylation sites is 1. The van der Waals surface area contributed by atoms with Crippen LogP contribution in [0, 0.1) is 0 Å². The topological polar surface area (TPSA) is 64.8 Å². The van der Waals surface area contributed by atoms with E-state index in [4.69, 9.17) is 15.2 Å². The maximum Gasteiger partial charge on any atom is 0.252 e. The number of aryl methyl sites for hydroxylation is 1. The van der Waals surface area contributed by atoms with Gasteiger partial charge in [-0.1, -0.05) is 97.9 Å². The second-order valence-corrected chi connectivity index (χ2v) is 9.27. The summed E-state index contributed by atoms with van der Waals surface area (Å²) in [6.45, 7) is 4.17. The lowest BCUT2D eigenvalue weighted by molar-refractivity contribution is 0.0995. The third-order valence-electron chi connectivity index (χ3n) is 6.71. The van der Waals surface area contributed by atoms with Gasteiger partial charge in [-0.05, 0) is 47.2 Å². The SMILES string of the molecule is CCc1ccc(CN(CCCOc2c(OC)cccc2C(N)=O)C(c2ccccc2)c2ccccc2)cc1. The molecule has 0 atom stereocenters. The quantitative estimate of drug-likeness (QED) is 0.212. The molecule has 0 aliphatic rings. The van der Waals surface area contributed by atoms with Gasteiger partial charge in [-0.15, -0.1) is 0 Å². The molecule has 38 heavy (non-hydrogen) atoms. The number of primary amides is 1. The summed E-state index contributed by atoms with van der Waals surface area (Å²) in [6.07, 6.45) is 1.77. The minimum absolute atomic E-state index is 0.0793. The third kappa shape index (κ3) is 6.81. The number of benzene rings is 4. The zero-order valence-corrected chi connectivity index (χ0v) is 22.2. The van der Waals surface area contributed by atoms with Gasteiger partial charge < -0.3 is 15.2 Å². The van der Waals surface area contributed by atoms with Crippen molar-refractivity contribution >= 4 is 5.91 Å². The maximum atomic E-state index is 12.0. The number of carbonyl (C=O) groups excluding carboxylic acids is 1. The van der Waals surface area contributed by atoms with E-state index >= 15 is 0 Å². The predicted octanol–water partition coefficient (Wildman–Crippen LogP) is 6.42. The van der Waals surface area contributed by atoms with Crippen molar-refractivity contribution in [3.63, 3.8) is 0 Å². The second kappa shape index (κ2) is 13.5. The molecule has 4 rings (SSSR count). The Morgan fingerprint density at radius 3 is 1.97 bits per heavy atom. The van der Waals surface area contributed by atoms with Crippen LogP contribution >= 0.6 is 0 Å². The van der Waals surface area contributed by atoms with Crippen molar-refractivity contribution in [1.29, 1.82) is 0 Å². The van der Waals surface area contributed by atoms with E-state index in [1.807, 2.05) is 0 Å². The van der Waals surface area contributed by atoms with Crippen molar-refractivity contribution in [2.24, 2.45) is 5.73 Å². The average molecular weight is 509 g/mol. The number of nitrogens with two attached hydrogens (primary N) is 1. The maximum absolute atomic E-state index is 12.0. The van der Waals surface area contributed by atoms with Crippen molar-refractivity contribution in [3.8, 4) is 11.5 Å². The van der Waals surface area contributed by atoms with Crippen molar-refractivity contribution in [2.75, 3.05) is 20.3 Å². The van der Waals surface area contributed by atoms with Gasteiger partial charge in [-0.3, -0.25) is 9.69 Å². The molecule has 0 unspecified atom stereocenters. The van der Waals surface area contributed by atoms with Crippen LogP contribution in [0.3, 0.4) is 0 Å². The molecule has 0 spiro atoms. The molecule has 0 fully saturated rings. The average Bonchev–Trinajstić information content (AvgIpc) is 2.96. The molecule has 4 aromatic carbocycles. The molecule has 5 nitrogen and oxygen atoms in total. The molecule has 4 aromatic rings. The number of rotatable bonds is 13. The van der Waals surface area contributed by atoms with Crippen LogP contribution in [0.1, 0.15) is 52.0 Å². The zero-order chi connectivity index (χ0) is 26.7. The normalized spacial score (nSPS) is 11.1. The molecule has 0 aromatic heterocycles. The van der Waals surface area contributed by atoms with Crippen LogP contribution in [0.5, 0.6) is 11.5 Å². The number of hydrogen-bond acceptors (Lipinski definition) is 4. The fraction of sp³-hybridized carbons (Fsp3) is 0.242. The molecule has 0 radical (unpaired) electrons. The van der Waals surface area contributed by atoms with Crippen LogP contribution < -0.4 is 15.2 Å². The number of amides is 1. The smallest absolute Gasteiger partial charge is 0.252 e. The highest BCUT2D eigenvalue weighted by Crippen LogP contribution is 2.32. The van der Waals surface area contributed by atoms with E-state index in [0.717, 1.165) is 25.9 Å². The van der Waals surface area contributed by atoms with Crippen LogP contribution in [0.4, 0.5) is 0 Å². The van der Waals surface area contributed by atoms with E-state index in [1.165, 1.54) is 22.3 Å². The first kappa shape index (κ1) is 27.0. The largest absolute Gasteiger partial charge is 0.493 e. The Morgan fingerprint density at radius 1 is 0.816 bits per heavy atom. The highest BCUT2D eigenvalue weighted by Gasteiger charge is 2.23. The van der Waals surface area contributed by atoms with Gasteiger partial charge in [0.15, 0.2) is 11.5 Å². The first-order valence-electron chi connectivity index (χ1n) is 13.1. The van der Waals surface area contributed by atoms with Gasteiger partial charge in [0.05, 0.1) is 25.3 Å². The van der Waals surface area contributed by atoms with Crippen molar-refractivity contribution in [3.05, 3.63) is 131 Å². The number of hydrogen-bond donors (Lipinski definition) is 1. The van der Waals surface area contributed by atoms with Crippen molar-refractivity contribution < 1.29 is 14.3 Å². The van der Waals surface area contributed by atoms with Crippen LogP contribution in [0.2, 0.25) is 0 Å². The molecule has 0 saturated carbocycles. The Labute approximate surface area is 225 Å². The molecule has 0 bridgehead atoms. The molecule has 0 saturated heterocycles. The summed E-state index contributed by atoms with van der Waals surface area (Å²) in [5, 5.41) is 0. The van der Waals surface area contributed by atoms with Crippen LogP contribution in [0.25, 0.3) is 0 Å². The summed E-state index contributed by atoms with van der Waals surface area (Å²) < 4.78 is 11.5. The molecular formula is C33H36N2O3. The second-order valence-electron chi connectivity index (χ2n) is 9.27. The van der Waals surface area contributed by atoms with Gasteiger partial charge in [0.2, 0.25) is 0 Å². The van der Waals surface area contributed by atoms with E-state index in [-0.39, 0.29) is 6.04 Å². The molecule has 0 heterocycles.